The van der Waals surface area contributed by atoms with Gasteiger partial charge in [-0.3, -0.25) is 0 Å². The third-order valence-corrected chi connectivity index (χ3v) is 4.17. The van der Waals surface area contributed by atoms with Crippen LogP contribution in [0.1, 0.15) is 19.4 Å². The van der Waals surface area contributed by atoms with E-state index in [1.165, 1.54) is 13.8 Å². The Balaban J connectivity index is 3.28. The number of hydrogen-bond acceptors (Lipinski definition) is 3. The van der Waals surface area contributed by atoms with Crippen molar-refractivity contribution in [2.45, 2.75) is 30.5 Å². The normalized spacial score (nSPS) is 13.6. The molecule has 0 fully saturated rings. The standard InChI is InChI=1S/C11H14F4N2O2S/c1-10(2,6-16)17-20(18,19)7-3-4-9(12)8(5-7)11(13,14)15/h3-5,17H,6,16H2,1-2H3. The first kappa shape index (κ1) is 16.9. The van der Waals surface area contributed by atoms with Gasteiger partial charge < -0.3 is 5.73 Å². The third kappa shape index (κ3) is 3.90. The second-order valence-electron chi connectivity index (χ2n) is 4.83. The van der Waals surface area contributed by atoms with Crippen molar-refractivity contribution in [3.05, 3.63) is 29.6 Å². The predicted molar refractivity (Wildman–Crippen MR) is 64.9 cm³/mol. The summed E-state index contributed by atoms with van der Waals surface area (Å²) in [7, 11) is -4.23. The van der Waals surface area contributed by atoms with Gasteiger partial charge in [-0.1, -0.05) is 0 Å². The summed E-state index contributed by atoms with van der Waals surface area (Å²) in [5.74, 6) is -1.53. The van der Waals surface area contributed by atoms with E-state index in [1.54, 1.807) is 0 Å². The van der Waals surface area contributed by atoms with E-state index in [0.29, 0.717) is 6.07 Å². The number of alkyl halides is 3. The van der Waals surface area contributed by atoms with Crippen LogP contribution >= 0.6 is 0 Å². The molecule has 0 spiro atoms. The van der Waals surface area contributed by atoms with Crippen LogP contribution in [0.25, 0.3) is 0 Å². The molecule has 0 aliphatic heterocycles. The maximum atomic E-state index is 13.1. The molecule has 20 heavy (non-hydrogen) atoms. The van der Waals surface area contributed by atoms with E-state index in [1.807, 2.05) is 0 Å². The number of sulfonamides is 1. The predicted octanol–water partition coefficient (Wildman–Crippen LogP) is 1.86. The van der Waals surface area contributed by atoms with Crippen molar-refractivity contribution < 1.29 is 26.0 Å². The molecular weight excluding hydrogens is 300 g/mol. The molecule has 0 amide bonds. The fraction of sp³-hybridized carbons (Fsp3) is 0.455. The van der Waals surface area contributed by atoms with Crippen molar-refractivity contribution in [2.75, 3.05) is 6.54 Å². The molecule has 1 rings (SSSR count). The Bertz CT molecular complexity index is 597. The van der Waals surface area contributed by atoms with E-state index in [0.717, 1.165) is 6.07 Å². The van der Waals surface area contributed by atoms with E-state index in [4.69, 9.17) is 5.73 Å². The Hall–Kier alpha value is -1.19. The molecule has 9 heteroatoms. The summed E-state index contributed by atoms with van der Waals surface area (Å²) in [6.45, 7) is 2.89. The maximum absolute atomic E-state index is 13.1. The van der Waals surface area contributed by atoms with Gasteiger partial charge in [0.25, 0.3) is 0 Å². The minimum atomic E-state index is -4.97. The van der Waals surface area contributed by atoms with Gasteiger partial charge in [0, 0.05) is 12.1 Å². The number of rotatable bonds is 4. The molecule has 0 saturated carbocycles. The quantitative estimate of drug-likeness (QED) is 0.833. The molecule has 0 atom stereocenters. The maximum Gasteiger partial charge on any atom is 0.419 e. The molecule has 0 heterocycles. The Labute approximate surface area is 114 Å². The van der Waals surface area contributed by atoms with E-state index < -0.39 is 38.0 Å². The highest BCUT2D eigenvalue weighted by atomic mass is 32.2. The van der Waals surface area contributed by atoms with Gasteiger partial charge in [-0.15, -0.1) is 0 Å². The van der Waals surface area contributed by atoms with Crippen LogP contribution < -0.4 is 10.5 Å². The lowest BCUT2D eigenvalue weighted by Crippen LogP contribution is -2.48. The molecule has 0 bridgehead atoms. The molecule has 3 N–H and O–H groups in total. The molecule has 0 aromatic heterocycles. The van der Waals surface area contributed by atoms with Gasteiger partial charge in [-0.2, -0.15) is 13.2 Å². The summed E-state index contributed by atoms with van der Waals surface area (Å²) in [4.78, 5) is -0.673. The molecular formula is C11H14F4N2O2S. The number of hydrogen-bond donors (Lipinski definition) is 2. The lowest BCUT2D eigenvalue weighted by molar-refractivity contribution is -0.140. The van der Waals surface area contributed by atoms with Crippen molar-refractivity contribution in [3.63, 3.8) is 0 Å². The van der Waals surface area contributed by atoms with Gasteiger partial charge in [0.05, 0.1) is 10.5 Å². The fourth-order valence-corrected chi connectivity index (χ4v) is 2.80. The van der Waals surface area contributed by atoms with Crippen molar-refractivity contribution in [3.8, 4) is 0 Å². The Morgan fingerprint density at radius 3 is 2.25 bits per heavy atom. The first-order valence-electron chi connectivity index (χ1n) is 5.50. The lowest BCUT2D eigenvalue weighted by atomic mass is 10.1. The molecule has 1 aromatic rings. The van der Waals surface area contributed by atoms with Crippen LogP contribution in [-0.4, -0.2) is 20.5 Å². The highest BCUT2D eigenvalue weighted by Gasteiger charge is 2.36. The minimum Gasteiger partial charge on any atom is -0.329 e. The van der Waals surface area contributed by atoms with Crippen LogP contribution in [-0.2, 0) is 16.2 Å². The van der Waals surface area contributed by atoms with E-state index >= 15 is 0 Å². The van der Waals surface area contributed by atoms with Crippen LogP contribution in [0.4, 0.5) is 17.6 Å². The van der Waals surface area contributed by atoms with Crippen LogP contribution in [0.15, 0.2) is 23.1 Å². The van der Waals surface area contributed by atoms with Gasteiger partial charge in [0.1, 0.15) is 5.82 Å². The van der Waals surface area contributed by atoms with Crippen molar-refractivity contribution in [1.82, 2.24) is 4.72 Å². The molecule has 114 valence electrons. The summed E-state index contributed by atoms with van der Waals surface area (Å²) >= 11 is 0. The Kier molecular flexibility index (Phi) is 4.47. The van der Waals surface area contributed by atoms with Crippen LogP contribution in [0, 0.1) is 5.82 Å². The summed E-state index contributed by atoms with van der Waals surface area (Å²) in [6.07, 6.45) is -4.97. The average Bonchev–Trinajstić information content (AvgIpc) is 2.26. The Morgan fingerprint density at radius 1 is 1.25 bits per heavy atom. The van der Waals surface area contributed by atoms with Crippen LogP contribution in [0.3, 0.4) is 0 Å². The first-order chi connectivity index (χ1) is 8.89. The second-order valence-corrected chi connectivity index (χ2v) is 6.52. The molecule has 4 nitrogen and oxygen atoms in total. The number of nitrogens with two attached hydrogens (primary N) is 1. The van der Waals surface area contributed by atoms with Gasteiger partial charge in [-0.05, 0) is 32.0 Å². The third-order valence-electron chi connectivity index (χ3n) is 2.47. The topological polar surface area (TPSA) is 72.2 Å². The fourth-order valence-electron chi connectivity index (χ4n) is 1.35. The van der Waals surface area contributed by atoms with Gasteiger partial charge in [-0.25, -0.2) is 17.5 Å². The van der Waals surface area contributed by atoms with Crippen LogP contribution in [0.2, 0.25) is 0 Å². The van der Waals surface area contributed by atoms with Crippen molar-refractivity contribution >= 4 is 10.0 Å². The molecule has 0 aliphatic carbocycles. The van der Waals surface area contributed by atoms with E-state index in [2.05, 4.69) is 4.72 Å². The van der Waals surface area contributed by atoms with E-state index in [-0.39, 0.29) is 12.6 Å². The number of halogens is 4. The van der Waals surface area contributed by atoms with Gasteiger partial charge in [0.2, 0.25) is 10.0 Å². The van der Waals surface area contributed by atoms with Crippen molar-refractivity contribution in [2.24, 2.45) is 5.73 Å². The first-order valence-corrected chi connectivity index (χ1v) is 6.98. The largest absolute Gasteiger partial charge is 0.419 e. The average molecular weight is 314 g/mol. The van der Waals surface area contributed by atoms with Gasteiger partial charge in [0.15, 0.2) is 0 Å². The summed E-state index contributed by atoms with van der Waals surface area (Å²) in [6, 6.07) is 1.48. The molecule has 1 aromatic carbocycles. The highest BCUT2D eigenvalue weighted by Crippen LogP contribution is 2.32. The van der Waals surface area contributed by atoms with E-state index in [9.17, 15) is 26.0 Å². The summed E-state index contributed by atoms with van der Waals surface area (Å²) < 4.78 is 76.8. The van der Waals surface area contributed by atoms with Crippen LogP contribution in [0.5, 0.6) is 0 Å². The zero-order valence-electron chi connectivity index (χ0n) is 10.8. The molecule has 0 saturated heterocycles. The number of nitrogens with one attached hydrogen (secondary N) is 1. The zero-order valence-corrected chi connectivity index (χ0v) is 11.6. The minimum absolute atomic E-state index is 0.0560. The van der Waals surface area contributed by atoms with Crippen molar-refractivity contribution in [1.29, 1.82) is 0 Å². The summed E-state index contributed by atoms with van der Waals surface area (Å²) in [5, 5.41) is 0. The lowest BCUT2D eigenvalue weighted by Gasteiger charge is -2.24. The molecule has 0 unspecified atom stereocenters. The molecule has 0 radical (unpaired) electrons. The zero-order chi connectivity index (χ0) is 15.8. The second kappa shape index (κ2) is 5.30. The number of benzene rings is 1. The Morgan fingerprint density at radius 2 is 1.80 bits per heavy atom. The highest BCUT2D eigenvalue weighted by molar-refractivity contribution is 7.89. The SMILES string of the molecule is CC(C)(CN)NS(=O)(=O)c1ccc(F)c(C(F)(F)F)c1. The summed E-state index contributed by atoms with van der Waals surface area (Å²) in [5.41, 5.74) is 2.68. The van der Waals surface area contributed by atoms with Gasteiger partial charge >= 0.3 is 6.18 Å². The molecule has 0 aliphatic rings. The monoisotopic (exact) mass is 314 g/mol. The smallest absolute Gasteiger partial charge is 0.329 e.